The molecular formula is C12H15NO4. The maximum atomic E-state index is 11.3. The van der Waals surface area contributed by atoms with Crippen LogP contribution in [0, 0.1) is 0 Å². The number of methoxy groups -OCH3 is 1. The second-order valence-electron chi connectivity index (χ2n) is 3.69. The van der Waals surface area contributed by atoms with Gasteiger partial charge in [0.25, 0.3) is 0 Å². The Morgan fingerprint density at radius 1 is 1.35 bits per heavy atom. The zero-order valence-corrected chi connectivity index (χ0v) is 10.0. The minimum absolute atomic E-state index is 0.0726. The number of nitrogens with one attached hydrogen (secondary N) is 1. The molecule has 0 saturated carbocycles. The molecule has 1 aromatic rings. The van der Waals surface area contributed by atoms with E-state index in [0.717, 1.165) is 0 Å². The minimum atomic E-state index is -0.144. The molecule has 0 aromatic heterocycles. The molecule has 1 rings (SSSR count). The number of carbonyl (C=O) groups excluding carboxylic acids is 2. The van der Waals surface area contributed by atoms with E-state index in [-0.39, 0.29) is 29.6 Å². The van der Waals surface area contributed by atoms with Crippen molar-refractivity contribution in [3.63, 3.8) is 0 Å². The highest BCUT2D eigenvalue weighted by Crippen LogP contribution is 2.35. The summed E-state index contributed by atoms with van der Waals surface area (Å²) >= 11 is 0. The van der Waals surface area contributed by atoms with E-state index in [1.54, 1.807) is 0 Å². The monoisotopic (exact) mass is 237 g/mol. The number of ketones is 2. The van der Waals surface area contributed by atoms with Crippen LogP contribution in [-0.4, -0.2) is 30.3 Å². The number of phenolic OH excluding ortho intramolecular Hbond substituents is 1. The lowest BCUT2D eigenvalue weighted by Gasteiger charge is -2.12. The molecule has 0 atom stereocenters. The van der Waals surface area contributed by atoms with Gasteiger partial charge in [-0.3, -0.25) is 9.59 Å². The number of Topliss-reactive ketones (excluding diaryl/α,β-unsaturated/α-hetero) is 2. The molecule has 92 valence electrons. The van der Waals surface area contributed by atoms with Gasteiger partial charge in [-0.2, -0.15) is 0 Å². The lowest BCUT2D eigenvalue weighted by Crippen LogP contribution is -2.10. The van der Waals surface area contributed by atoms with E-state index < -0.39 is 0 Å². The summed E-state index contributed by atoms with van der Waals surface area (Å²) in [5, 5.41) is 12.5. The number of ether oxygens (including phenoxy) is 1. The number of phenols is 1. The Labute approximate surface area is 99.4 Å². The van der Waals surface area contributed by atoms with Crippen LogP contribution >= 0.6 is 0 Å². The summed E-state index contributed by atoms with van der Waals surface area (Å²) in [7, 11) is 1.40. The SMILES string of the molecule is COc1cc(C(C)=O)cc(NCC(C)=O)c1O. The number of hydrogen-bond acceptors (Lipinski definition) is 5. The van der Waals surface area contributed by atoms with Crippen LogP contribution in [-0.2, 0) is 4.79 Å². The average molecular weight is 237 g/mol. The smallest absolute Gasteiger partial charge is 0.181 e. The lowest BCUT2D eigenvalue weighted by molar-refractivity contribution is -0.115. The Balaban J connectivity index is 3.13. The Morgan fingerprint density at radius 3 is 2.47 bits per heavy atom. The lowest BCUT2D eigenvalue weighted by atomic mass is 10.1. The predicted octanol–water partition coefficient (Wildman–Crippen LogP) is 1.60. The summed E-state index contributed by atoms with van der Waals surface area (Å²) in [6.45, 7) is 2.93. The van der Waals surface area contributed by atoms with E-state index >= 15 is 0 Å². The molecule has 0 aliphatic carbocycles. The molecule has 0 saturated heterocycles. The molecule has 0 aliphatic rings. The van der Waals surface area contributed by atoms with Crippen LogP contribution in [0.1, 0.15) is 24.2 Å². The van der Waals surface area contributed by atoms with Crippen molar-refractivity contribution in [2.24, 2.45) is 0 Å². The van der Waals surface area contributed by atoms with Gasteiger partial charge in [-0.05, 0) is 26.0 Å². The molecule has 1 aromatic carbocycles. The van der Waals surface area contributed by atoms with Gasteiger partial charge < -0.3 is 15.2 Å². The molecule has 0 aliphatic heterocycles. The third-order valence-corrected chi connectivity index (χ3v) is 2.23. The summed E-state index contributed by atoms with van der Waals surface area (Å²) in [6.07, 6.45) is 0. The third-order valence-electron chi connectivity index (χ3n) is 2.23. The van der Waals surface area contributed by atoms with E-state index in [1.807, 2.05) is 0 Å². The zero-order valence-electron chi connectivity index (χ0n) is 10.0. The molecule has 0 amide bonds. The number of rotatable bonds is 5. The number of anilines is 1. The minimum Gasteiger partial charge on any atom is -0.503 e. The van der Waals surface area contributed by atoms with Crippen molar-refractivity contribution in [3.8, 4) is 11.5 Å². The van der Waals surface area contributed by atoms with E-state index in [1.165, 1.54) is 33.1 Å². The van der Waals surface area contributed by atoms with Gasteiger partial charge in [0.05, 0.1) is 19.3 Å². The van der Waals surface area contributed by atoms with Crippen molar-refractivity contribution in [1.29, 1.82) is 0 Å². The quantitative estimate of drug-likeness (QED) is 0.601. The van der Waals surface area contributed by atoms with Gasteiger partial charge in [-0.1, -0.05) is 0 Å². The van der Waals surface area contributed by atoms with E-state index in [0.29, 0.717) is 11.3 Å². The van der Waals surface area contributed by atoms with Crippen LogP contribution in [0.2, 0.25) is 0 Å². The van der Waals surface area contributed by atoms with Crippen LogP contribution in [0.3, 0.4) is 0 Å². The molecule has 5 heteroatoms. The standard InChI is InChI=1S/C12H15NO4/c1-7(14)6-13-10-4-9(8(2)15)5-11(17-3)12(10)16/h4-5,13,16H,6H2,1-3H3. The highest BCUT2D eigenvalue weighted by Gasteiger charge is 2.12. The fourth-order valence-electron chi connectivity index (χ4n) is 1.32. The second-order valence-corrected chi connectivity index (χ2v) is 3.69. The molecule has 0 radical (unpaired) electrons. The van der Waals surface area contributed by atoms with Crippen LogP contribution < -0.4 is 10.1 Å². The maximum Gasteiger partial charge on any atom is 0.181 e. The number of benzene rings is 1. The fourth-order valence-corrected chi connectivity index (χ4v) is 1.32. The Bertz CT molecular complexity index is 454. The maximum absolute atomic E-state index is 11.3. The molecule has 2 N–H and O–H groups in total. The van der Waals surface area contributed by atoms with Crippen LogP contribution in [0.4, 0.5) is 5.69 Å². The molecule has 17 heavy (non-hydrogen) atoms. The molecule has 5 nitrogen and oxygen atoms in total. The molecular weight excluding hydrogens is 222 g/mol. The van der Waals surface area contributed by atoms with Gasteiger partial charge in [-0.15, -0.1) is 0 Å². The third kappa shape index (κ3) is 3.21. The van der Waals surface area contributed by atoms with E-state index in [4.69, 9.17) is 4.74 Å². The first-order valence-corrected chi connectivity index (χ1v) is 5.11. The van der Waals surface area contributed by atoms with Crippen molar-refractivity contribution in [2.45, 2.75) is 13.8 Å². The van der Waals surface area contributed by atoms with Crippen molar-refractivity contribution >= 4 is 17.3 Å². The summed E-state index contributed by atoms with van der Waals surface area (Å²) < 4.78 is 4.96. The largest absolute Gasteiger partial charge is 0.503 e. The van der Waals surface area contributed by atoms with Crippen molar-refractivity contribution < 1.29 is 19.4 Å². The summed E-state index contributed by atoms with van der Waals surface area (Å²) in [4.78, 5) is 22.1. The molecule has 0 spiro atoms. The normalized spacial score (nSPS) is 9.82. The van der Waals surface area contributed by atoms with E-state index in [2.05, 4.69) is 5.32 Å². The summed E-state index contributed by atoms with van der Waals surface area (Å²) in [6, 6.07) is 2.94. The first-order chi connectivity index (χ1) is 7.95. The summed E-state index contributed by atoms with van der Waals surface area (Å²) in [5.74, 6) is -0.131. The van der Waals surface area contributed by atoms with Crippen molar-refractivity contribution in [3.05, 3.63) is 17.7 Å². The summed E-state index contributed by atoms with van der Waals surface area (Å²) in [5.41, 5.74) is 0.718. The first-order valence-electron chi connectivity index (χ1n) is 5.11. The first kappa shape index (κ1) is 13.0. The number of aromatic hydroxyl groups is 1. The highest BCUT2D eigenvalue weighted by atomic mass is 16.5. The highest BCUT2D eigenvalue weighted by molar-refractivity contribution is 5.96. The van der Waals surface area contributed by atoms with Crippen molar-refractivity contribution in [1.82, 2.24) is 0 Å². The number of carbonyl (C=O) groups is 2. The van der Waals surface area contributed by atoms with Gasteiger partial charge in [0.15, 0.2) is 17.3 Å². The van der Waals surface area contributed by atoms with Crippen molar-refractivity contribution in [2.75, 3.05) is 19.0 Å². The Kier molecular flexibility index (Phi) is 4.09. The van der Waals surface area contributed by atoms with Gasteiger partial charge in [0, 0.05) is 5.56 Å². The molecule has 0 heterocycles. The molecule has 0 fully saturated rings. The van der Waals surface area contributed by atoms with Gasteiger partial charge in [0.2, 0.25) is 0 Å². The average Bonchev–Trinajstić information content (AvgIpc) is 2.27. The van der Waals surface area contributed by atoms with Crippen LogP contribution in [0.15, 0.2) is 12.1 Å². The predicted molar refractivity (Wildman–Crippen MR) is 63.8 cm³/mol. The van der Waals surface area contributed by atoms with Crippen LogP contribution in [0.25, 0.3) is 0 Å². The number of hydrogen-bond donors (Lipinski definition) is 2. The van der Waals surface area contributed by atoms with Gasteiger partial charge in [-0.25, -0.2) is 0 Å². The molecule has 0 bridgehead atoms. The van der Waals surface area contributed by atoms with Gasteiger partial charge in [0.1, 0.15) is 5.78 Å². The van der Waals surface area contributed by atoms with E-state index in [9.17, 15) is 14.7 Å². The van der Waals surface area contributed by atoms with Crippen LogP contribution in [0.5, 0.6) is 11.5 Å². The topological polar surface area (TPSA) is 75.6 Å². The zero-order chi connectivity index (χ0) is 13.0. The fraction of sp³-hybridized carbons (Fsp3) is 0.333. The Morgan fingerprint density at radius 2 is 2.00 bits per heavy atom. The Hall–Kier alpha value is -2.04. The second kappa shape index (κ2) is 5.34. The van der Waals surface area contributed by atoms with Gasteiger partial charge >= 0.3 is 0 Å². The molecule has 0 unspecified atom stereocenters.